The third-order valence-corrected chi connectivity index (χ3v) is 4.86. The number of hydrogen-bond acceptors (Lipinski definition) is 5. The minimum absolute atomic E-state index is 0.0743. The number of carbonyl (C=O) groups excluding carboxylic acids is 1. The molecule has 2 N–H and O–H groups in total. The number of rotatable bonds is 5. The summed E-state index contributed by atoms with van der Waals surface area (Å²) in [5.41, 5.74) is 2.07. The van der Waals surface area contributed by atoms with E-state index < -0.39 is 5.60 Å². The van der Waals surface area contributed by atoms with E-state index in [2.05, 4.69) is 10.3 Å². The van der Waals surface area contributed by atoms with Crippen LogP contribution in [0, 0.1) is 6.92 Å². The van der Waals surface area contributed by atoms with Gasteiger partial charge in [0.25, 0.3) is 5.91 Å². The number of benzene rings is 1. The molecule has 1 aromatic carbocycles. The van der Waals surface area contributed by atoms with Gasteiger partial charge >= 0.3 is 0 Å². The van der Waals surface area contributed by atoms with Crippen molar-refractivity contribution in [3.8, 4) is 0 Å². The lowest BCUT2D eigenvalue weighted by Gasteiger charge is -2.42. The fraction of sp³-hybridized carbons (Fsp3) is 0.400. The van der Waals surface area contributed by atoms with Crippen LogP contribution in [0.15, 0.2) is 42.6 Å². The number of carbonyl (C=O) groups is 1. The molecule has 1 aliphatic rings. The topological polar surface area (TPSA) is 74.7 Å². The van der Waals surface area contributed by atoms with Crippen molar-refractivity contribution in [2.24, 2.45) is 0 Å². The molecular formula is C20H25N3O3. The second kappa shape index (κ2) is 7.85. The molecule has 138 valence electrons. The van der Waals surface area contributed by atoms with E-state index in [4.69, 9.17) is 4.74 Å². The molecular weight excluding hydrogens is 330 g/mol. The molecule has 1 atom stereocenters. The average molecular weight is 355 g/mol. The number of amides is 1. The fourth-order valence-corrected chi connectivity index (χ4v) is 3.32. The maximum atomic E-state index is 12.9. The molecule has 1 amide bonds. The number of aromatic nitrogens is 1. The van der Waals surface area contributed by atoms with E-state index in [1.54, 1.807) is 30.3 Å². The number of nitrogens with zero attached hydrogens (tertiary/aromatic N) is 2. The van der Waals surface area contributed by atoms with Gasteiger partial charge in [0.05, 0.1) is 19.8 Å². The molecule has 1 saturated heterocycles. The van der Waals surface area contributed by atoms with Crippen LogP contribution in [0.2, 0.25) is 0 Å². The Morgan fingerprint density at radius 3 is 2.92 bits per heavy atom. The van der Waals surface area contributed by atoms with Crippen LogP contribution in [0.3, 0.4) is 0 Å². The summed E-state index contributed by atoms with van der Waals surface area (Å²) < 4.78 is 5.97. The van der Waals surface area contributed by atoms with Crippen molar-refractivity contribution >= 4 is 11.7 Å². The number of nitrogens with one attached hydrogen (secondary N) is 1. The van der Waals surface area contributed by atoms with Crippen molar-refractivity contribution in [2.75, 3.05) is 38.7 Å². The van der Waals surface area contributed by atoms with Crippen molar-refractivity contribution in [1.29, 1.82) is 0 Å². The Balaban J connectivity index is 1.80. The highest BCUT2D eigenvalue weighted by Crippen LogP contribution is 2.25. The van der Waals surface area contributed by atoms with Crippen LogP contribution < -0.4 is 5.32 Å². The van der Waals surface area contributed by atoms with E-state index >= 15 is 0 Å². The smallest absolute Gasteiger partial charge is 0.254 e. The number of ether oxygens (including phenoxy) is 1. The number of hydrogen-bond donors (Lipinski definition) is 2. The first kappa shape index (κ1) is 18.4. The molecule has 26 heavy (non-hydrogen) atoms. The predicted octanol–water partition coefficient (Wildman–Crippen LogP) is 1.88. The highest BCUT2D eigenvalue weighted by molar-refractivity contribution is 5.95. The van der Waals surface area contributed by atoms with Gasteiger partial charge in [-0.3, -0.25) is 4.79 Å². The van der Waals surface area contributed by atoms with Crippen molar-refractivity contribution in [3.63, 3.8) is 0 Å². The Morgan fingerprint density at radius 1 is 1.38 bits per heavy atom. The second-order valence-corrected chi connectivity index (χ2v) is 6.70. The van der Waals surface area contributed by atoms with E-state index in [9.17, 15) is 9.90 Å². The zero-order valence-electron chi connectivity index (χ0n) is 15.2. The number of morpholine rings is 1. The third kappa shape index (κ3) is 3.86. The van der Waals surface area contributed by atoms with Crippen LogP contribution in [0.4, 0.5) is 5.82 Å². The molecule has 0 bridgehead atoms. The van der Waals surface area contributed by atoms with Gasteiger partial charge in [0.15, 0.2) is 0 Å². The first-order chi connectivity index (χ1) is 12.6. The Kier molecular flexibility index (Phi) is 5.54. The SMILES string of the molecule is CNc1cc(C(=O)N2CCO[C@@](CO)(Cc3ccccc3C)C2)ccn1. The summed E-state index contributed by atoms with van der Waals surface area (Å²) in [6.07, 6.45) is 2.18. The standard InChI is InChI=1S/C20H25N3O3/c1-15-5-3-4-6-17(15)12-20(14-24)13-23(9-10-26-20)19(25)16-7-8-22-18(11-16)21-2/h3-8,11,24H,9-10,12-14H2,1-2H3,(H,21,22)/t20-/m0/s1. The lowest BCUT2D eigenvalue weighted by atomic mass is 9.90. The molecule has 0 unspecified atom stereocenters. The summed E-state index contributed by atoms with van der Waals surface area (Å²) in [5, 5.41) is 13.0. The number of aliphatic hydroxyl groups is 1. The molecule has 6 nitrogen and oxygen atoms in total. The van der Waals surface area contributed by atoms with Gasteiger partial charge in [-0.2, -0.15) is 0 Å². The van der Waals surface area contributed by atoms with Crippen LogP contribution in [0.5, 0.6) is 0 Å². The first-order valence-electron chi connectivity index (χ1n) is 8.79. The molecule has 0 spiro atoms. The lowest BCUT2D eigenvalue weighted by Crippen LogP contribution is -2.56. The molecule has 2 aromatic rings. The van der Waals surface area contributed by atoms with Crippen LogP contribution in [0.1, 0.15) is 21.5 Å². The van der Waals surface area contributed by atoms with Crippen LogP contribution >= 0.6 is 0 Å². The summed E-state index contributed by atoms with van der Waals surface area (Å²) in [6.45, 7) is 3.17. The molecule has 1 fully saturated rings. The molecule has 2 heterocycles. The molecule has 1 aliphatic heterocycles. The number of aliphatic hydroxyl groups excluding tert-OH is 1. The number of anilines is 1. The zero-order valence-corrected chi connectivity index (χ0v) is 15.2. The van der Waals surface area contributed by atoms with E-state index in [0.717, 1.165) is 11.1 Å². The van der Waals surface area contributed by atoms with Crippen molar-refractivity contribution in [2.45, 2.75) is 18.9 Å². The minimum Gasteiger partial charge on any atom is -0.393 e. The van der Waals surface area contributed by atoms with E-state index in [1.165, 1.54) is 0 Å². The maximum Gasteiger partial charge on any atom is 0.254 e. The largest absolute Gasteiger partial charge is 0.393 e. The van der Waals surface area contributed by atoms with Gasteiger partial charge in [0.2, 0.25) is 0 Å². The summed E-state index contributed by atoms with van der Waals surface area (Å²) >= 11 is 0. The zero-order chi connectivity index (χ0) is 18.6. The van der Waals surface area contributed by atoms with E-state index in [-0.39, 0.29) is 12.5 Å². The Hall–Kier alpha value is -2.44. The Bertz CT molecular complexity index is 780. The van der Waals surface area contributed by atoms with E-state index in [1.807, 2.05) is 31.2 Å². The number of aryl methyl sites for hydroxylation is 1. The highest BCUT2D eigenvalue weighted by atomic mass is 16.5. The van der Waals surface area contributed by atoms with Crippen molar-refractivity contribution < 1.29 is 14.6 Å². The molecule has 0 saturated carbocycles. The van der Waals surface area contributed by atoms with Gasteiger partial charge in [-0.15, -0.1) is 0 Å². The highest BCUT2D eigenvalue weighted by Gasteiger charge is 2.38. The van der Waals surface area contributed by atoms with Crippen LogP contribution in [-0.2, 0) is 11.2 Å². The normalized spacial score (nSPS) is 20.0. The van der Waals surface area contributed by atoms with Crippen LogP contribution in [0.25, 0.3) is 0 Å². The summed E-state index contributed by atoms with van der Waals surface area (Å²) in [5.74, 6) is 0.576. The minimum atomic E-state index is -0.779. The summed E-state index contributed by atoms with van der Waals surface area (Å²) in [4.78, 5) is 18.8. The van der Waals surface area contributed by atoms with Gasteiger partial charge in [-0.1, -0.05) is 24.3 Å². The summed E-state index contributed by atoms with van der Waals surface area (Å²) in [7, 11) is 1.77. The predicted molar refractivity (Wildman–Crippen MR) is 100 cm³/mol. The van der Waals surface area contributed by atoms with Gasteiger partial charge in [0.1, 0.15) is 11.4 Å². The first-order valence-corrected chi connectivity index (χ1v) is 8.79. The molecule has 0 radical (unpaired) electrons. The van der Waals surface area contributed by atoms with Crippen LogP contribution in [-0.4, -0.2) is 59.8 Å². The Labute approximate surface area is 153 Å². The molecule has 0 aliphatic carbocycles. The summed E-state index contributed by atoms with van der Waals surface area (Å²) in [6, 6.07) is 11.5. The van der Waals surface area contributed by atoms with E-state index in [0.29, 0.717) is 37.5 Å². The lowest BCUT2D eigenvalue weighted by molar-refractivity contribution is -0.123. The van der Waals surface area contributed by atoms with Crippen molar-refractivity contribution in [1.82, 2.24) is 9.88 Å². The quantitative estimate of drug-likeness (QED) is 0.857. The second-order valence-electron chi connectivity index (χ2n) is 6.70. The number of pyridine rings is 1. The average Bonchev–Trinajstić information content (AvgIpc) is 2.69. The van der Waals surface area contributed by atoms with Gasteiger partial charge < -0.3 is 20.1 Å². The molecule has 3 rings (SSSR count). The third-order valence-electron chi connectivity index (χ3n) is 4.86. The molecule has 6 heteroatoms. The van der Waals surface area contributed by atoms with Gasteiger partial charge in [-0.25, -0.2) is 4.98 Å². The maximum absolute atomic E-state index is 12.9. The van der Waals surface area contributed by atoms with Crippen molar-refractivity contribution in [3.05, 3.63) is 59.3 Å². The van der Waals surface area contributed by atoms with Gasteiger partial charge in [-0.05, 0) is 30.2 Å². The van der Waals surface area contributed by atoms with Gasteiger partial charge in [0, 0.05) is 31.8 Å². The monoisotopic (exact) mass is 355 g/mol. The molecule has 1 aromatic heterocycles. The fourth-order valence-electron chi connectivity index (χ4n) is 3.32. The Morgan fingerprint density at radius 2 is 2.19 bits per heavy atom.